The summed E-state index contributed by atoms with van der Waals surface area (Å²) in [6.07, 6.45) is 1.02. The van der Waals surface area contributed by atoms with Crippen molar-refractivity contribution in [1.82, 2.24) is 10.0 Å². The Morgan fingerprint density at radius 1 is 1.44 bits per heavy atom. The van der Waals surface area contributed by atoms with Crippen LogP contribution in [0.1, 0.15) is 20.8 Å². The Labute approximate surface area is 97.0 Å². The van der Waals surface area contributed by atoms with E-state index in [-0.39, 0.29) is 11.8 Å². The van der Waals surface area contributed by atoms with Crippen molar-refractivity contribution < 1.29 is 13.2 Å². The highest BCUT2D eigenvalue weighted by atomic mass is 32.2. The first-order chi connectivity index (χ1) is 7.08. The lowest BCUT2D eigenvalue weighted by atomic mass is 10.1. The molecule has 1 unspecified atom stereocenters. The molecule has 0 saturated heterocycles. The van der Waals surface area contributed by atoms with Gasteiger partial charge < -0.3 is 11.1 Å². The average molecular weight is 251 g/mol. The summed E-state index contributed by atoms with van der Waals surface area (Å²) in [4.78, 5) is 11.7. The molecule has 4 N–H and O–H groups in total. The Bertz CT molecular complexity index is 338. The fourth-order valence-corrected chi connectivity index (χ4v) is 2.10. The predicted molar refractivity (Wildman–Crippen MR) is 63.3 cm³/mol. The summed E-state index contributed by atoms with van der Waals surface area (Å²) in [5, 5.41) is 2.65. The molecule has 16 heavy (non-hydrogen) atoms. The second-order valence-corrected chi connectivity index (χ2v) is 6.30. The van der Waals surface area contributed by atoms with Gasteiger partial charge in [0.05, 0.1) is 6.26 Å². The Morgan fingerprint density at radius 2 is 1.94 bits per heavy atom. The minimum atomic E-state index is -3.41. The minimum Gasteiger partial charge on any atom is -0.354 e. The van der Waals surface area contributed by atoms with E-state index in [0.29, 0.717) is 13.1 Å². The van der Waals surface area contributed by atoms with Crippen molar-refractivity contribution in [3.8, 4) is 0 Å². The lowest BCUT2D eigenvalue weighted by Gasteiger charge is -2.24. The second kappa shape index (κ2) is 5.60. The predicted octanol–water partition coefficient (Wildman–Crippen LogP) is -0.975. The number of carbonyl (C=O) groups excluding carboxylic acids is 1. The maximum absolute atomic E-state index is 11.7. The van der Waals surface area contributed by atoms with Gasteiger partial charge in [0.2, 0.25) is 15.9 Å². The Kier molecular flexibility index (Phi) is 5.37. The van der Waals surface area contributed by atoms with Gasteiger partial charge in [0, 0.05) is 6.54 Å². The molecule has 0 spiro atoms. The third-order valence-corrected chi connectivity index (χ3v) is 2.90. The zero-order valence-corrected chi connectivity index (χ0v) is 11.0. The summed E-state index contributed by atoms with van der Waals surface area (Å²) in [5.41, 5.74) is 4.26. The molecule has 1 amide bonds. The molecule has 0 aromatic carbocycles. The minimum absolute atomic E-state index is 0.165. The molecule has 0 rings (SSSR count). The van der Waals surface area contributed by atoms with Crippen molar-refractivity contribution in [2.45, 2.75) is 26.3 Å². The van der Waals surface area contributed by atoms with Gasteiger partial charge in [-0.3, -0.25) is 4.79 Å². The first-order valence-corrected chi connectivity index (χ1v) is 6.95. The molecule has 0 radical (unpaired) electrons. The zero-order chi connectivity index (χ0) is 13.0. The fourth-order valence-electron chi connectivity index (χ4n) is 1.08. The molecular formula is C9H21N3O3S. The van der Waals surface area contributed by atoms with Crippen LogP contribution in [0.3, 0.4) is 0 Å². The van der Waals surface area contributed by atoms with E-state index in [0.717, 1.165) is 6.26 Å². The molecule has 0 aliphatic carbocycles. The maximum Gasteiger partial charge on any atom is 0.240 e. The highest BCUT2D eigenvalue weighted by Crippen LogP contribution is 2.04. The Balaban J connectivity index is 4.36. The number of rotatable bonds is 6. The molecule has 0 bridgehead atoms. The molecule has 7 heteroatoms. The van der Waals surface area contributed by atoms with Gasteiger partial charge in [-0.25, -0.2) is 13.1 Å². The third kappa shape index (κ3) is 6.04. The fraction of sp³-hybridized carbons (Fsp3) is 0.889. The maximum atomic E-state index is 11.7. The largest absolute Gasteiger partial charge is 0.354 e. The van der Waals surface area contributed by atoms with Crippen molar-refractivity contribution >= 4 is 15.9 Å². The van der Waals surface area contributed by atoms with E-state index in [9.17, 15) is 13.2 Å². The first-order valence-electron chi connectivity index (χ1n) is 5.06. The molecule has 0 heterocycles. The van der Waals surface area contributed by atoms with Gasteiger partial charge in [-0.15, -0.1) is 0 Å². The van der Waals surface area contributed by atoms with Crippen molar-refractivity contribution in [2.75, 3.05) is 19.3 Å². The summed E-state index contributed by atoms with van der Waals surface area (Å²) < 4.78 is 24.3. The van der Waals surface area contributed by atoms with Crippen LogP contribution < -0.4 is 15.8 Å². The monoisotopic (exact) mass is 251 g/mol. The van der Waals surface area contributed by atoms with Crippen LogP contribution in [0.15, 0.2) is 0 Å². The summed E-state index contributed by atoms with van der Waals surface area (Å²) >= 11 is 0. The molecule has 0 aliphatic rings. The van der Waals surface area contributed by atoms with Crippen molar-refractivity contribution in [3.63, 3.8) is 0 Å². The number of carbonyl (C=O) groups is 1. The summed E-state index contributed by atoms with van der Waals surface area (Å²) in [7, 11) is -3.41. The molecule has 0 aromatic heterocycles. The normalized spacial score (nSPS) is 14.6. The number of hydrogen-bond acceptors (Lipinski definition) is 4. The van der Waals surface area contributed by atoms with Gasteiger partial charge in [0.1, 0.15) is 5.54 Å². The van der Waals surface area contributed by atoms with E-state index < -0.39 is 15.6 Å². The van der Waals surface area contributed by atoms with Crippen LogP contribution in [0.2, 0.25) is 0 Å². The number of hydrogen-bond donors (Lipinski definition) is 3. The summed E-state index contributed by atoms with van der Waals surface area (Å²) in [6, 6.07) is 0. The van der Waals surface area contributed by atoms with Gasteiger partial charge in [-0.2, -0.15) is 0 Å². The molecule has 0 aromatic rings. The van der Waals surface area contributed by atoms with E-state index in [2.05, 4.69) is 10.0 Å². The van der Waals surface area contributed by atoms with E-state index >= 15 is 0 Å². The van der Waals surface area contributed by atoms with E-state index in [1.165, 1.54) is 13.8 Å². The van der Waals surface area contributed by atoms with Crippen LogP contribution in [0.5, 0.6) is 0 Å². The highest BCUT2D eigenvalue weighted by molar-refractivity contribution is 7.88. The van der Waals surface area contributed by atoms with Gasteiger partial charge in [-0.1, -0.05) is 6.92 Å². The first kappa shape index (κ1) is 15.3. The lowest BCUT2D eigenvalue weighted by molar-refractivity contribution is -0.125. The molecule has 6 nitrogen and oxygen atoms in total. The molecular weight excluding hydrogens is 230 g/mol. The molecule has 1 atom stereocenters. The van der Waals surface area contributed by atoms with Gasteiger partial charge >= 0.3 is 0 Å². The van der Waals surface area contributed by atoms with E-state index in [4.69, 9.17) is 5.73 Å². The summed E-state index contributed by atoms with van der Waals surface area (Å²) in [5.74, 6) is -0.198. The van der Waals surface area contributed by atoms with Crippen LogP contribution in [0.4, 0.5) is 0 Å². The highest BCUT2D eigenvalue weighted by Gasteiger charge is 2.30. The van der Waals surface area contributed by atoms with Crippen LogP contribution in [-0.4, -0.2) is 39.2 Å². The average Bonchev–Trinajstić information content (AvgIpc) is 2.09. The van der Waals surface area contributed by atoms with Gasteiger partial charge in [0.15, 0.2) is 0 Å². The quantitative estimate of drug-likeness (QED) is 0.565. The Hall–Kier alpha value is -0.660. The smallest absolute Gasteiger partial charge is 0.240 e. The zero-order valence-electron chi connectivity index (χ0n) is 10.2. The lowest BCUT2D eigenvalue weighted by Crippen LogP contribution is -2.55. The second-order valence-electron chi connectivity index (χ2n) is 4.55. The van der Waals surface area contributed by atoms with Gasteiger partial charge in [0.25, 0.3) is 0 Å². The van der Waals surface area contributed by atoms with Crippen molar-refractivity contribution in [3.05, 3.63) is 0 Å². The van der Waals surface area contributed by atoms with Crippen LogP contribution in [0, 0.1) is 5.92 Å². The molecule has 0 fully saturated rings. The van der Waals surface area contributed by atoms with E-state index in [1.54, 1.807) is 0 Å². The van der Waals surface area contributed by atoms with Crippen LogP contribution in [0.25, 0.3) is 0 Å². The van der Waals surface area contributed by atoms with Crippen LogP contribution in [-0.2, 0) is 14.8 Å². The van der Waals surface area contributed by atoms with Crippen molar-refractivity contribution in [1.29, 1.82) is 0 Å². The third-order valence-electron chi connectivity index (χ3n) is 2.02. The molecule has 96 valence electrons. The number of nitrogens with one attached hydrogen (secondary N) is 2. The van der Waals surface area contributed by atoms with Crippen LogP contribution >= 0.6 is 0 Å². The summed E-state index contributed by atoms with van der Waals surface area (Å²) in [6.45, 7) is 5.83. The molecule has 0 saturated carbocycles. The van der Waals surface area contributed by atoms with Gasteiger partial charge in [-0.05, 0) is 26.3 Å². The standard InChI is InChI=1S/C9H21N3O3S/c1-7(5-10)6-11-8(13)9(2,3)12-16(4,14)15/h7,12H,5-6,10H2,1-4H3,(H,11,13). The van der Waals surface area contributed by atoms with E-state index in [1.807, 2.05) is 6.92 Å². The number of amides is 1. The Morgan fingerprint density at radius 3 is 2.31 bits per heavy atom. The van der Waals surface area contributed by atoms with Crippen molar-refractivity contribution in [2.24, 2.45) is 11.7 Å². The number of nitrogens with two attached hydrogens (primary N) is 1. The molecule has 0 aliphatic heterocycles. The number of sulfonamides is 1. The topological polar surface area (TPSA) is 101 Å². The SMILES string of the molecule is CC(CN)CNC(=O)C(C)(C)NS(C)(=O)=O.